The lowest BCUT2D eigenvalue weighted by molar-refractivity contribution is -0.155. The summed E-state index contributed by atoms with van der Waals surface area (Å²) in [7, 11) is 0. The van der Waals surface area contributed by atoms with Gasteiger partial charge in [0.2, 0.25) is 11.8 Å². The number of fused-ring (bicyclic) bond motifs is 1. The monoisotopic (exact) mass is 445 g/mol. The summed E-state index contributed by atoms with van der Waals surface area (Å²) in [4.78, 5) is 29.5. The highest BCUT2D eigenvalue weighted by Gasteiger charge is 2.67. The van der Waals surface area contributed by atoms with Crippen LogP contribution in [-0.4, -0.2) is 34.8 Å². The molecule has 5 atom stereocenters. The molecule has 0 radical (unpaired) electrons. The van der Waals surface area contributed by atoms with Gasteiger partial charge < -0.3 is 10.6 Å². The molecule has 5 heteroatoms. The molecule has 1 aliphatic carbocycles. The Bertz CT molecular complexity index is 1020. The molecule has 4 aliphatic rings. The maximum Gasteiger partial charge on any atom is 0.246 e. The van der Waals surface area contributed by atoms with Gasteiger partial charge in [0.25, 0.3) is 0 Å². The SMILES string of the molecule is Cc1ccc(CN2C[C@H]3C[C@]4(C(=O)NCc5ccccc5)NC(=O)[C@H]3[C@H]2[C@H]4CC(C)C)cc1. The maximum absolute atomic E-state index is 13.8. The highest BCUT2D eigenvalue weighted by atomic mass is 16.2. The number of nitrogens with one attached hydrogen (secondary N) is 2. The van der Waals surface area contributed by atoms with Crippen molar-refractivity contribution in [1.82, 2.24) is 15.5 Å². The molecule has 3 aliphatic heterocycles. The Morgan fingerprint density at radius 3 is 2.55 bits per heavy atom. The number of carbonyl (C=O) groups excluding carboxylic acids is 2. The van der Waals surface area contributed by atoms with Crippen LogP contribution in [0.1, 0.15) is 43.4 Å². The van der Waals surface area contributed by atoms with Crippen LogP contribution in [0.25, 0.3) is 0 Å². The summed E-state index contributed by atoms with van der Waals surface area (Å²) in [5.41, 5.74) is 2.78. The number of hydrogen-bond acceptors (Lipinski definition) is 3. The lowest BCUT2D eigenvalue weighted by Gasteiger charge is -2.55. The Balaban J connectivity index is 1.43. The molecular formula is C28H35N3O2. The van der Waals surface area contributed by atoms with Gasteiger partial charge in [0, 0.05) is 31.6 Å². The Morgan fingerprint density at radius 1 is 1.12 bits per heavy atom. The first-order valence-corrected chi connectivity index (χ1v) is 12.3. The van der Waals surface area contributed by atoms with Crippen molar-refractivity contribution in [3.8, 4) is 0 Å². The van der Waals surface area contributed by atoms with Crippen molar-refractivity contribution in [3.05, 3.63) is 71.3 Å². The normalized spacial score (nSPS) is 30.5. The zero-order valence-corrected chi connectivity index (χ0v) is 19.9. The van der Waals surface area contributed by atoms with E-state index in [9.17, 15) is 9.59 Å². The molecule has 6 rings (SSSR count). The van der Waals surface area contributed by atoms with Crippen molar-refractivity contribution in [2.24, 2.45) is 23.7 Å². The van der Waals surface area contributed by atoms with Gasteiger partial charge in [-0.1, -0.05) is 74.0 Å². The Labute approximate surface area is 196 Å². The van der Waals surface area contributed by atoms with Gasteiger partial charge >= 0.3 is 0 Å². The fraction of sp³-hybridized carbons (Fsp3) is 0.500. The second kappa shape index (κ2) is 8.60. The first kappa shape index (κ1) is 22.1. The summed E-state index contributed by atoms with van der Waals surface area (Å²) in [5, 5.41) is 6.41. The summed E-state index contributed by atoms with van der Waals surface area (Å²) in [6, 6.07) is 18.8. The summed E-state index contributed by atoms with van der Waals surface area (Å²) in [6.45, 7) is 8.75. The van der Waals surface area contributed by atoms with E-state index in [2.05, 4.69) is 60.6 Å². The third kappa shape index (κ3) is 3.97. The third-order valence-electron chi connectivity index (χ3n) is 7.98. The molecule has 3 saturated heterocycles. The zero-order chi connectivity index (χ0) is 23.2. The summed E-state index contributed by atoms with van der Waals surface area (Å²) < 4.78 is 0. The number of rotatable bonds is 7. The topological polar surface area (TPSA) is 61.4 Å². The van der Waals surface area contributed by atoms with Crippen LogP contribution in [0.5, 0.6) is 0 Å². The minimum Gasteiger partial charge on any atom is -0.350 e. The number of carbonyl (C=O) groups is 2. The first-order chi connectivity index (χ1) is 15.9. The van der Waals surface area contributed by atoms with E-state index in [0.717, 1.165) is 31.5 Å². The smallest absolute Gasteiger partial charge is 0.246 e. The van der Waals surface area contributed by atoms with Crippen molar-refractivity contribution in [2.45, 2.75) is 58.3 Å². The first-order valence-electron chi connectivity index (χ1n) is 12.3. The predicted molar refractivity (Wildman–Crippen MR) is 129 cm³/mol. The third-order valence-corrected chi connectivity index (χ3v) is 7.98. The summed E-state index contributed by atoms with van der Waals surface area (Å²) in [6.07, 6.45) is 1.67. The molecule has 3 heterocycles. The molecule has 174 valence electrons. The molecule has 1 saturated carbocycles. The number of benzene rings is 2. The molecule has 5 nitrogen and oxygen atoms in total. The molecular weight excluding hydrogens is 410 g/mol. The molecule has 4 fully saturated rings. The Morgan fingerprint density at radius 2 is 1.85 bits per heavy atom. The fourth-order valence-electron chi connectivity index (χ4n) is 6.61. The average Bonchev–Trinajstić information content (AvgIpc) is 3.10. The van der Waals surface area contributed by atoms with Crippen molar-refractivity contribution >= 4 is 11.8 Å². The Kier molecular flexibility index (Phi) is 5.77. The highest BCUT2D eigenvalue weighted by molar-refractivity contribution is 5.96. The quantitative estimate of drug-likeness (QED) is 0.684. The van der Waals surface area contributed by atoms with Crippen LogP contribution < -0.4 is 10.6 Å². The minimum absolute atomic E-state index is 0.0111. The van der Waals surface area contributed by atoms with Crippen LogP contribution in [0.4, 0.5) is 0 Å². The van der Waals surface area contributed by atoms with E-state index in [1.807, 2.05) is 30.3 Å². The second-order valence-electron chi connectivity index (χ2n) is 10.8. The van der Waals surface area contributed by atoms with Crippen molar-refractivity contribution < 1.29 is 9.59 Å². The van der Waals surface area contributed by atoms with Crippen LogP contribution in [0.3, 0.4) is 0 Å². The fourth-order valence-corrected chi connectivity index (χ4v) is 6.61. The van der Waals surface area contributed by atoms with E-state index in [1.54, 1.807) is 0 Å². The van der Waals surface area contributed by atoms with Crippen LogP contribution in [0.2, 0.25) is 0 Å². The van der Waals surface area contributed by atoms with Gasteiger partial charge in [-0.25, -0.2) is 0 Å². The van der Waals surface area contributed by atoms with Crippen molar-refractivity contribution in [1.29, 1.82) is 0 Å². The minimum atomic E-state index is -0.817. The molecule has 0 unspecified atom stereocenters. The van der Waals surface area contributed by atoms with Crippen LogP contribution >= 0.6 is 0 Å². The average molecular weight is 446 g/mol. The molecule has 4 bridgehead atoms. The molecule has 2 amide bonds. The standard InChI is InChI=1S/C28H35N3O2/c1-18(2)13-23-25-24-22(17-31(25)16-21-11-9-19(3)10-12-21)14-28(23,30-26(24)32)27(33)29-15-20-7-5-4-6-8-20/h4-12,18,22-25H,13-17H2,1-3H3,(H,29,33)(H,30,32)/t22-,23-,24-,25-,28+/m1/s1. The van der Waals surface area contributed by atoms with Gasteiger partial charge in [-0.3, -0.25) is 14.5 Å². The lowest BCUT2D eigenvalue weighted by Crippen LogP contribution is -2.75. The van der Waals surface area contributed by atoms with Gasteiger partial charge in [-0.05, 0) is 42.7 Å². The summed E-state index contributed by atoms with van der Waals surface area (Å²) >= 11 is 0. The molecule has 33 heavy (non-hydrogen) atoms. The second-order valence-corrected chi connectivity index (χ2v) is 10.8. The van der Waals surface area contributed by atoms with E-state index in [1.165, 1.54) is 11.1 Å². The van der Waals surface area contributed by atoms with Gasteiger partial charge in [0.15, 0.2) is 0 Å². The van der Waals surface area contributed by atoms with Crippen LogP contribution in [0, 0.1) is 30.6 Å². The largest absolute Gasteiger partial charge is 0.350 e. The molecule has 0 aromatic heterocycles. The van der Waals surface area contributed by atoms with Gasteiger partial charge in [-0.2, -0.15) is 0 Å². The number of hydrogen-bond donors (Lipinski definition) is 2. The predicted octanol–water partition coefficient (Wildman–Crippen LogP) is 3.66. The van der Waals surface area contributed by atoms with Crippen molar-refractivity contribution in [3.63, 3.8) is 0 Å². The number of piperidine rings is 2. The van der Waals surface area contributed by atoms with Gasteiger partial charge in [0.1, 0.15) is 5.54 Å². The molecule has 2 aromatic carbocycles. The number of aryl methyl sites for hydroxylation is 1. The highest BCUT2D eigenvalue weighted by Crippen LogP contribution is 2.54. The van der Waals surface area contributed by atoms with E-state index < -0.39 is 5.54 Å². The van der Waals surface area contributed by atoms with Gasteiger partial charge in [0.05, 0.1) is 5.92 Å². The van der Waals surface area contributed by atoms with Gasteiger partial charge in [-0.15, -0.1) is 0 Å². The number of nitrogens with zero attached hydrogens (tertiary/aromatic N) is 1. The lowest BCUT2D eigenvalue weighted by atomic mass is 9.57. The molecule has 2 aromatic rings. The van der Waals surface area contributed by atoms with Crippen molar-refractivity contribution in [2.75, 3.05) is 6.54 Å². The number of amides is 2. The van der Waals surface area contributed by atoms with E-state index >= 15 is 0 Å². The van der Waals surface area contributed by atoms with E-state index in [-0.39, 0.29) is 35.6 Å². The number of likely N-dealkylation sites (tertiary alicyclic amines) is 1. The van der Waals surface area contributed by atoms with Crippen LogP contribution in [-0.2, 0) is 22.7 Å². The zero-order valence-electron chi connectivity index (χ0n) is 19.9. The summed E-state index contributed by atoms with van der Waals surface area (Å²) in [5.74, 6) is 0.835. The maximum atomic E-state index is 13.8. The molecule has 0 spiro atoms. The van der Waals surface area contributed by atoms with Crippen LogP contribution in [0.15, 0.2) is 54.6 Å². The Hall–Kier alpha value is -2.66. The van der Waals surface area contributed by atoms with E-state index in [4.69, 9.17) is 0 Å². The molecule has 2 N–H and O–H groups in total. The van der Waals surface area contributed by atoms with E-state index in [0.29, 0.717) is 12.5 Å².